The molecule has 1 aliphatic rings. The van der Waals surface area contributed by atoms with Gasteiger partial charge in [-0.1, -0.05) is 30.0 Å². The molecule has 1 amide bonds. The van der Waals surface area contributed by atoms with Gasteiger partial charge in [-0.25, -0.2) is 14.6 Å². The Labute approximate surface area is 182 Å². The van der Waals surface area contributed by atoms with Crippen molar-refractivity contribution in [2.24, 2.45) is 0 Å². The highest BCUT2D eigenvalue weighted by atomic mass is 32.2. The first-order valence-corrected chi connectivity index (χ1v) is 11.7. The number of aromatic nitrogens is 4. The Balaban J connectivity index is 1.33. The van der Waals surface area contributed by atoms with E-state index in [0.717, 1.165) is 50.8 Å². The van der Waals surface area contributed by atoms with Gasteiger partial charge in [-0.05, 0) is 50.8 Å². The lowest BCUT2D eigenvalue weighted by Gasteiger charge is -2.07. The zero-order valence-corrected chi connectivity index (χ0v) is 18.4. The summed E-state index contributed by atoms with van der Waals surface area (Å²) in [6.07, 6.45) is 5.01. The highest BCUT2D eigenvalue weighted by Gasteiger charge is 2.22. The quantitative estimate of drug-likeness (QED) is 0.363. The molecule has 1 aromatic carbocycles. The van der Waals surface area contributed by atoms with Crippen molar-refractivity contribution >= 4 is 44.9 Å². The number of aryl methyl sites for hydroxylation is 3. The number of benzene rings is 1. The third-order valence-corrected chi connectivity index (χ3v) is 7.55. The topological polar surface area (TPSA) is 72.7 Å². The maximum Gasteiger partial charge on any atom is 0.234 e. The van der Waals surface area contributed by atoms with Gasteiger partial charge >= 0.3 is 0 Å². The van der Waals surface area contributed by atoms with Gasteiger partial charge in [0.15, 0.2) is 0 Å². The molecule has 8 heteroatoms. The molecule has 0 bridgehead atoms. The van der Waals surface area contributed by atoms with Crippen molar-refractivity contribution in [3.63, 3.8) is 0 Å². The molecule has 0 spiro atoms. The third kappa shape index (κ3) is 3.40. The molecule has 1 aliphatic carbocycles. The molecule has 0 saturated carbocycles. The summed E-state index contributed by atoms with van der Waals surface area (Å²) >= 11 is 3.25. The molecule has 0 saturated heterocycles. The van der Waals surface area contributed by atoms with Crippen LogP contribution in [0.3, 0.4) is 0 Å². The zero-order valence-electron chi connectivity index (χ0n) is 16.8. The van der Waals surface area contributed by atoms with Gasteiger partial charge in [-0.2, -0.15) is 5.10 Å². The number of carbonyl (C=O) groups is 1. The summed E-state index contributed by atoms with van der Waals surface area (Å²) in [7, 11) is 0. The summed E-state index contributed by atoms with van der Waals surface area (Å²) in [4.78, 5) is 24.1. The zero-order chi connectivity index (χ0) is 20.7. The highest BCUT2D eigenvalue weighted by Crippen LogP contribution is 2.40. The second-order valence-electron chi connectivity index (χ2n) is 7.35. The second kappa shape index (κ2) is 7.85. The fourth-order valence-corrected chi connectivity index (χ4v) is 6.08. The van der Waals surface area contributed by atoms with Crippen LogP contribution in [0.25, 0.3) is 15.9 Å². The first-order valence-electron chi connectivity index (χ1n) is 9.91. The lowest BCUT2D eigenvalue weighted by atomic mass is 10.2. The lowest BCUT2D eigenvalue weighted by molar-refractivity contribution is -0.113. The molecular weight excluding hydrogens is 414 g/mol. The highest BCUT2D eigenvalue weighted by molar-refractivity contribution is 8.00. The molecule has 1 N–H and O–H groups in total. The summed E-state index contributed by atoms with van der Waals surface area (Å²) in [6, 6.07) is 9.93. The van der Waals surface area contributed by atoms with Crippen LogP contribution in [0.4, 0.5) is 5.69 Å². The number of para-hydroxylation sites is 1. The van der Waals surface area contributed by atoms with Gasteiger partial charge in [0, 0.05) is 10.3 Å². The smallest absolute Gasteiger partial charge is 0.234 e. The summed E-state index contributed by atoms with van der Waals surface area (Å²) in [5, 5.41) is 9.71. The fraction of sp³-hybridized carbons (Fsp3) is 0.273. The van der Waals surface area contributed by atoms with Crippen LogP contribution in [-0.2, 0) is 17.6 Å². The minimum atomic E-state index is -0.0579. The summed E-state index contributed by atoms with van der Waals surface area (Å²) in [6.45, 7) is 3.89. The SMILES string of the molecule is Cc1nn(-c2ccccc2)c(C)c1NC(=O)CSc1ncnc2sc3c(c12)CCC3. The van der Waals surface area contributed by atoms with E-state index in [4.69, 9.17) is 0 Å². The number of nitrogens with one attached hydrogen (secondary N) is 1. The van der Waals surface area contributed by atoms with Gasteiger partial charge in [0.1, 0.15) is 16.2 Å². The van der Waals surface area contributed by atoms with Crippen LogP contribution in [0.1, 0.15) is 28.2 Å². The molecular formula is C22H21N5OS2. The van der Waals surface area contributed by atoms with Gasteiger partial charge in [0.05, 0.1) is 28.5 Å². The van der Waals surface area contributed by atoms with Crippen LogP contribution in [0, 0.1) is 13.8 Å². The summed E-state index contributed by atoms with van der Waals surface area (Å²) in [5.41, 5.74) is 4.85. The summed E-state index contributed by atoms with van der Waals surface area (Å²) < 4.78 is 1.86. The third-order valence-electron chi connectivity index (χ3n) is 5.36. The molecule has 0 atom stereocenters. The molecule has 0 radical (unpaired) electrons. The fourth-order valence-electron chi connectivity index (χ4n) is 3.96. The number of nitrogens with zero attached hydrogens (tertiary/aromatic N) is 4. The van der Waals surface area contributed by atoms with Crippen molar-refractivity contribution in [3.05, 3.63) is 58.5 Å². The van der Waals surface area contributed by atoms with E-state index in [9.17, 15) is 4.79 Å². The Hall–Kier alpha value is -2.71. The van der Waals surface area contributed by atoms with Crippen molar-refractivity contribution in [1.29, 1.82) is 0 Å². The number of carbonyl (C=O) groups excluding carboxylic acids is 1. The Morgan fingerprint density at radius 3 is 2.87 bits per heavy atom. The molecule has 3 aromatic heterocycles. The van der Waals surface area contributed by atoms with Gasteiger partial charge in [0.2, 0.25) is 5.91 Å². The van der Waals surface area contributed by atoms with Crippen LogP contribution in [0.2, 0.25) is 0 Å². The van der Waals surface area contributed by atoms with E-state index in [-0.39, 0.29) is 5.91 Å². The lowest BCUT2D eigenvalue weighted by Crippen LogP contribution is -2.15. The Morgan fingerprint density at radius 1 is 1.20 bits per heavy atom. The molecule has 4 aromatic rings. The minimum absolute atomic E-state index is 0.0579. The second-order valence-corrected chi connectivity index (χ2v) is 9.39. The molecule has 0 unspecified atom stereocenters. The van der Waals surface area contributed by atoms with Crippen LogP contribution >= 0.6 is 23.1 Å². The molecule has 0 aliphatic heterocycles. The largest absolute Gasteiger partial charge is 0.322 e. The number of rotatable bonds is 5. The van der Waals surface area contributed by atoms with E-state index in [2.05, 4.69) is 20.4 Å². The van der Waals surface area contributed by atoms with Crippen molar-refractivity contribution in [3.8, 4) is 5.69 Å². The van der Waals surface area contributed by atoms with E-state index in [0.29, 0.717) is 5.75 Å². The molecule has 6 nitrogen and oxygen atoms in total. The average Bonchev–Trinajstić information content (AvgIpc) is 3.42. The summed E-state index contributed by atoms with van der Waals surface area (Å²) in [5.74, 6) is 0.240. The normalized spacial score (nSPS) is 13.0. The van der Waals surface area contributed by atoms with Crippen molar-refractivity contribution in [2.75, 3.05) is 11.1 Å². The number of fused-ring (bicyclic) bond motifs is 3. The van der Waals surface area contributed by atoms with Gasteiger partial charge in [0.25, 0.3) is 0 Å². The van der Waals surface area contributed by atoms with E-state index in [1.807, 2.05) is 48.9 Å². The van der Waals surface area contributed by atoms with Gasteiger partial charge in [-0.15, -0.1) is 11.3 Å². The molecule has 0 fully saturated rings. The number of thiophene rings is 1. The van der Waals surface area contributed by atoms with Crippen LogP contribution < -0.4 is 5.32 Å². The Bertz CT molecular complexity index is 1250. The van der Waals surface area contributed by atoms with Crippen LogP contribution in [0.15, 0.2) is 41.7 Å². The van der Waals surface area contributed by atoms with E-state index >= 15 is 0 Å². The maximum atomic E-state index is 12.7. The van der Waals surface area contributed by atoms with Gasteiger partial charge < -0.3 is 5.32 Å². The van der Waals surface area contributed by atoms with Crippen LogP contribution in [-0.4, -0.2) is 31.4 Å². The number of amides is 1. The van der Waals surface area contributed by atoms with Crippen molar-refractivity contribution < 1.29 is 4.79 Å². The van der Waals surface area contributed by atoms with Crippen molar-refractivity contribution in [1.82, 2.24) is 19.7 Å². The molecule has 152 valence electrons. The van der Waals surface area contributed by atoms with E-state index in [1.165, 1.54) is 28.6 Å². The Morgan fingerprint density at radius 2 is 2.03 bits per heavy atom. The van der Waals surface area contributed by atoms with Crippen molar-refractivity contribution in [2.45, 2.75) is 38.1 Å². The van der Waals surface area contributed by atoms with E-state index < -0.39 is 0 Å². The Kier molecular flexibility index (Phi) is 5.04. The first kappa shape index (κ1) is 19.3. The number of hydrogen-bond acceptors (Lipinski definition) is 6. The average molecular weight is 436 g/mol. The van der Waals surface area contributed by atoms with Crippen LogP contribution in [0.5, 0.6) is 0 Å². The molecule has 3 heterocycles. The predicted molar refractivity (Wildman–Crippen MR) is 122 cm³/mol. The first-order chi connectivity index (χ1) is 14.6. The predicted octanol–water partition coefficient (Wildman–Crippen LogP) is 4.71. The molecule has 5 rings (SSSR count). The number of anilines is 1. The maximum absolute atomic E-state index is 12.7. The molecule has 30 heavy (non-hydrogen) atoms. The van der Waals surface area contributed by atoms with Gasteiger partial charge in [-0.3, -0.25) is 4.79 Å². The standard InChI is InChI=1S/C22H21N5OS2/c1-13-20(14(2)27(26-13)15-7-4-3-5-8-15)25-18(28)11-29-21-19-16-9-6-10-17(16)30-22(19)24-12-23-21/h3-5,7-8,12H,6,9-11H2,1-2H3,(H,25,28). The monoisotopic (exact) mass is 435 g/mol. The number of hydrogen-bond donors (Lipinski definition) is 1. The van der Waals surface area contributed by atoms with E-state index in [1.54, 1.807) is 17.7 Å². The minimum Gasteiger partial charge on any atom is -0.322 e. The number of thioether (sulfide) groups is 1.